The van der Waals surface area contributed by atoms with E-state index in [1.807, 2.05) is 42.5 Å². The van der Waals surface area contributed by atoms with Crippen molar-refractivity contribution in [2.45, 2.75) is 5.41 Å². The fourth-order valence-electron chi connectivity index (χ4n) is 10.9. The average molecular weight is 897 g/mol. The Morgan fingerprint density at radius 1 is 0.329 bits per heavy atom. The van der Waals surface area contributed by atoms with Crippen molar-refractivity contribution in [3.05, 3.63) is 265 Å². The van der Waals surface area contributed by atoms with Crippen LogP contribution in [0.2, 0.25) is 0 Å². The molecule has 0 amide bonds. The van der Waals surface area contributed by atoms with Gasteiger partial charge in [0.25, 0.3) is 0 Å². The topological polar surface area (TPSA) is 62.1 Å². The highest BCUT2D eigenvalue weighted by Gasteiger charge is 2.47. The third-order valence-corrected chi connectivity index (χ3v) is 14.0. The highest BCUT2D eigenvalue weighted by atomic mass is 16.6. The molecule has 3 heterocycles. The number of aromatic nitrogens is 4. The first-order valence-corrected chi connectivity index (χ1v) is 23.6. The smallest absolute Gasteiger partial charge is 0.177 e. The van der Waals surface area contributed by atoms with Crippen LogP contribution in [0.4, 0.5) is 0 Å². The number of para-hydroxylation sites is 3. The zero-order valence-corrected chi connectivity index (χ0v) is 37.7. The molecule has 14 rings (SSSR count). The van der Waals surface area contributed by atoms with Gasteiger partial charge in [-0.05, 0) is 93.5 Å². The summed E-state index contributed by atoms with van der Waals surface area (Å²) in [6, 6.07) is 84.8. The van der Waals surface area contributed by atoms with Crippen LogP contribution in [0.15, 0.2) is 243 Å². The number of fused-ring (bicyclic) bond motifs is 8. The van der Waals surface area contributed by atoms with Gasteiger partial charge in [-0.25, -0.2) is 15.0 Å². The van der Waals surface area contributed by atoms with Crippen LogP contribution in [-0.2, 0) is 5.41 Å². The largest absolute Gasteiger partial charge is 0.449 e. The maximum Gasteiger partial charge on any atom is 0.177 e. The van der Waals surface area contributed by atoms with Gasteiger partial charge in [-0.2, -0.15) is 0 Å². The molecule has 12 aromatic rings. The summed E-state index contributed by atoms with van der Waals surface area (Å²) in [7, 11) is 0. The van der Waals surface area contributed by atoms with E-state index in [4.69, 9.17) is 24.4 Å². The summed E-state index contributed by atoms with van der Waals surface area (Å²) in [5.74, 6) is 4.48. The van der Waals surface area contributed by atoms with Crippen molar-refractivity contribution in [3.63, 3.8) is 0 Å². The van der Waals surface area contributed by atoms with E-state index < -0.39 is 5.41 Å². The Balaban J connectivity index is 0.819. The van der Waals surface area contributed by atoms with Gasteiger partial charge in [-0.15, -0.1) is 0 Å². The average Bonchev–Trinajstić information content (AvgIpc) is 3.92. The maximum absolute atomic E-state index is 6.94. The molecule has 0 fully saturated rings. The lowest BCUT2D eigenvalue weighted by atomic mass is 9.67. The Morgan fingerprint density at radius 3 is 1.44 bits per heavy atom. The molecule has 0 bridgehead atoms. The van der Waals surface area contributed by atoms with Gasteiger partial charge in [0.05, 0.1) is 16.4 Å². The van der Waals surface area contributed by atoms with Crippen LogP contribution in [0.1, 0.15) is 22.3 Å². The lowest BCUT2D eigenvalue weighted by molar-refractivity contribution is 0.360. The van der Waals surface area contributed by atoms with Gasteiger partial charge >= 0.3 is 0 Å². The molecule has 0 spiro atoms. The van der Waals surface area contributed by atoms with Gasteiger partial charge in [0, 0.05) is 38.7 Å². The van der Waals surface area contributed by atoms with Crippen LogP contribution in [0.3, 0.4) is 0 Å². The van der Waals surface area contributed by atoms with Crippen LogP contribution in [0.5, 0.6) is 23.0 Å². The molecule has 6 nitrogen and oxygen atoms in total. The first kappa shape index (κ1) is 39.7. The lowest BCUT2D eigenvalue weighted by Crippen LogP contribution is -2.28. The minimum Gasteiger partial charge on any atom is -0.449 e. The second-order valence-electron chi connectivity index (χ2n) is 17.9. The molecule has 1 aliphatic carbocycles. The van der Waals surface area contributed by atoms with Crippen LogP contribution < -0.4 is 9.47 Å². The number of ether oxygens (including phenoxy) is 2. The molecule has 0 N–H and O–H groups in total. The Morgan fingerprint density at radius 2 is 0.814 bits per heavy atom. The van der Waals surface area contributed by atoms with Crippen molar-refractivity contribution in [2.75, 3.05) is 0 Å². The molecule has 2 aliphatic rings. The van der Waals surface area contributed by atoms with E-state index in [9.17, 15) is 0 Å². The maximum atomic E-state index is 6.94. The second-order valence-corrected chi connectivity index (χ2v) is 17.9. The van der Waals surface area contributed by atoms with E-state index in [0.29, 0.717) is 40.5 Å². The molecule has 70 heavy (non-hydrogen) atoms. The highest BCUT2D eigenvalue weighted by molar-refractivity contribution is 6.09. The van der Waals surface area contributed by atoms with Crippen LogP contribution in [-0.4, -0.2) is 19.5 Å². The van der Waals surface area contributed by atoms with Crippen molar-refractivity contribution in [2.24, 2.45) is 0 Å². The van der Waals surface area contributed by atoms with E-state index in [2.05, 4.69) is 205 Å². The van der Waals surface area contributed by atoms with Gasteiger partial charge < -0.3 is 14.0 Å². The van der Waals surface area contributed by atoms with Crippen molar-refractivity contribution in [1.82, 2.24) is 19.5 Å². The molecular weight excluding hydrogens is 857 g/mol. The number of hydrogen-bond acceptors (Lipinski definition) is 5. The van der Waals surface area contributed by atoms with Crippen LogP contribution >= 0.6 is 0 Å². The third-order valence-electron chi connectivity index (χ3n) is 14.0. The molecule has 0 unspecified atom stereocenters. The number of benzene rings is 10. The molecule has 2 aromatic heterocycles. The van der Waals surface area contributed by atoms with Gasteiger partial charge in [0.15, 0.2) is 40.5 Å². The Bertz CT molecular complexity index is 3890. The molecule has 328 valence electrons. The van der Waals surface area contributed by atoms with Crippen molar-refractivity contribution in [3.8, 4) is 85.1 Å². The van der Waals surface area contributed by atoms with Gasteiger partial charge in [0.2, 0.25) is 0 Å². The van der Waals surface area contributed by atoms with Gasteiger partial charge in [-0.3, -0.25) is 0 Å². The zero-order chi connectivity index (χ0) is 46.2. The van der Waals surface area contributed by atoms with E-state index in [1.165, 1.54) is 33.0 Å². The molecule has 1 aliphatic heterocycles. The van der Waals surface area contributed by atoms with E-state index in [1.54, 1.807) is 0 Å². The summed E-state index contributed by atoms with van der Waals surface area (Å²) >= 11 is 0. The molecule has 0 radical (unpaired) electrons. The first-order valence-electron chi connectivity index (χ1n) is 23.6. The predicted octanol–water partition coefficient (Wildman–Crippen LogP) is 15.9. The fraction of sp³-hybridized carbons (Fsp3) is 0.0156. The lowest BCUT2D eigenvalue weighted by Gasteiger charge is -2.34. The Hall–Kier alpha value is -9.39. The minimum atomic E-state index is -0.545. The third kappa shape index (κ3) is 6.17. The molecule has 0 saturated carbocycles. The molecule has 6 heteroatoms. The number of nitrogens with zero attached hydrogens (tertiary/aromatic N) is 4. The Labute approximate surface area is 404 Å². The summed E-state index contributed by atoms with van der Waals surface area (Å²) in [6.45, 7) is 0. The minimum absolute atomic E-state index is 0.545. The van der Waals surface area contributed by atoms with Crippen molar-refractivity contribution < 1.29 is 9.47 Å². The summed E-state index contributed by atoms with van der Waals surface area (Å²) in [5.41, 5.74) is 14.5. The molecule has 0 saturated heterocycles. The molecule has 10 aromatic carbocycles. The number of rotatable bonds is 7. The van der Waals surface area contributed by atoms with E-state index in [-0.39, 0.29) is 0 Å². The van der Waals surface area contributed by atoms with Crippen LogP contribution in [0, 0.1) is 0 Å². The number of hydrogen-bond donors (Lipinski definition) is 0. The van der Waals surface area contributed by atoms with Crippen molar-refractivity contribution >= 4 is 21.8 Å². The molecular formula is C64H40N4O2. The summed E-state index contributed by atoms with van der Waals surface area (Å²) < 4.78 is 16.1. The van der Waals surface area contributed by atoms with E-state index in [0.717, 1.165) is 55.7 Å². The quantitative estimate of drug-likeness (QED) is 0.159. The highest BCUT2D eigenvalue weighted by Crippen LogP contribution is 2.60. The predicted molar refractivity (Wildman–Crippen MR) is 280 cm³/mol. The normalized spacial score (nSPS) is 12.9. The first-order chi connectivity index (χ1) is 34.7. The molecule has 0 atom stereocenters. The SMILES string of the molecule is c1ccc(-c2nc(-c3ccc(-c4cccc5c4Oc4cc6c(cc4O5)C(c4ccccc4)(c4ccccc4)c4ccccc4-6)cc3)nc(-c3ccc(-n4c5ccccc5c5ccccc54)cc3)n2)cc1. The monoisotopic (exact) mass is 896 g/mol. The fourth-order valence-corrected chi connectivity index (χ4v) is 10.9. The van der Waals surface area contributed by atoms with Crippen molar-refractivity contribution in [1.29, 1.82) is 0 Å². The van der Waals surface area contributed by atoms with Crippen LogP contribution in [0.25, 0.3) is 83.9 Å². The van der Waals surface area contributed by atoms with Gasteiger partial charge in [-0.1, -0.05) is 188 Å². The second kappa shape index (κ2) is 15.9. The zero-order valence-electron chi connectivity index (χ0n) is 37.7. The van der Waals surface area contributed by atoms with E-state index >= 15 is 0 Å². The standard InChI is InChI=1S/C64H40N4O2/c1-4-17-42(18-5-1)61-65-62(67-63(66-61)44-35-37-47(38-36-44)68-55-28-14-11-24-50(55)51-25-12-15-29-56(51)68)43-33-31-41(32-34-43)48-26-16-30-57-60(48)70-58-39-52-49-23-10-13-27-53(49)64(45-19-6-2-7-20-45,46-21-8-3-9-22-46)54(52)40-59(58)69-57/h1-40H. The Kier molecular flexibility index (Phi) is 9.01. The summed E-state index contributed by atoms with van der Waals surface area (Å²) in [5, 5.41) is 2.45. The van der Waals surface area contributed by atoms with Gasteiger partial charge in [0.1, 0.15) is 0 Å². The summed E-state index contributed by atoms with van der Waals surface area (Å²) in [4.78, 5) is 15.2. The summed E-state index contributed by atoms with van der Waals surface area (Å²) in [6.07, 6.45) is 0.